The Kier molecular flexibility index (Phi) is 6.82. The summed E-state index contributed by atoms with van der Waals surface area (Å²) >= 11 is 0. The molecule has 0 heterocycles. The van der Waals surface area contributed by atoms with Gasteiger partial charge in [-0.25, -0.2) is 9.59 Å². The molecule has 1 aliphatic rings. The van der Waals surface area contributed by atoms with Crippen LogP contribution in [0.5, 0.6) is 0 Å². The van der Waals surface area contributed by atoms with Crippen molar-refractivity contribution in [2.24, 2.45) is 0 Å². The SMILES string of the molecule is CC(=O)Nc1cccc(C(=O)O[C@@H]2CCCC[C@H]2NC(=O)OC(C)(C)C)c1. The van der Waals surface area contributed by atoms with Gasteiger partial charge in [0.05, 0.1) is 11.6 Å². The molecule has 0 spiro atoms. The van der Waals surface area contributed by atoms with E-state index in [1.165, 1.54) is 6.92 Å². The molecule has 7 heteroatoms. The van der Waals surface area contributed by atoms with Crippen LogP contribution in [0.1, 0.15) is 63.7 Å². The van der Waals surface area contributed by atoms with Gasteiger partial charge in [-0.15, -0.1) is 0 Å². The van der Waals surface area contributed by atoms with E-state index in [-0.39, 0.29) is 11.9 Å². The monoisotopic (exact) mass is 376 g/mol. The minimum absolute atomic E-state index is 0.213. The number of hydrogen-bond acceptors (Lipinski definition) is 5. The molecule has 148 valence electrons. The number of carbonyl (C=O) groups is 3. The fraction of sp³-hybridized carbons (Fsp3) is 0.550. The van der Waals surface area contributed by atoms with Gasteiger partial charge < -0.3 is 20.1 Å². The van der Waals surface area contributed by atoms with E-state index in [2.05, 4.69) is 10.6 Å². The lowest BCUT2D eigenvalue weighted by Gasteiger charge is -2.32. The Morgan fingerprint density at radius 1 is 1.11 bits per heavy atom. The number of anilines is 1. The predicted molar refractivity (Wildman–Crippen MR) is 102 cm³/mol. The van der Waals surface area contributed by atoms with Crippen molar-refractivity contribution in [1.82, 2.24) is 5.32 Å². The Labute approximate surface area is 159 Å². The van der Waals surface area contributed by atoms with Gasteiger partial charge in [0, 0.05) is 12.6 Å². The molecule has 2 rings (SSSR count). The second-order valence-corrected chi connectivity index (χ2v) is 7.74. The van der Waals surface area contributed by atoms with Crippen LogP contribution in [0.25, 0.3) is 0 Å². The number of hydrogen-bond donors (Lipinski definition) is 2. The lowest BCUT2D eigenvalue weighted by molar-refractivity contribution is -0.114. The van der Waals surface area contributed by atoms with Gasteiger partial charge in [-0.2, -0.15) is 0 Å². The van der Waals surface area contributed by atoms with E-state index in [9.17, 15) is 14.4 Å². The van der Waals surface area contributed by atoms with Gasteiger partial charge in [-0.05, 0) is 58.2 Å². The number of benzene rings is 1. The number of nitrogens with one attached hydrogen (secondary N) is 2. The van der Waals surface area contributed by atoms with Crippen LogP contribution < -0.4 is 10.6 Å². The molecular weight excluding hydrogens is 348 g/mol. The van der Waals surface area contributed by atoms with Crippen molar-refractivity contribution < 1.29 is 23.9 Å². The molecule has 1 saturated carbocycles. The second kappa shape index (κ2) is 8.88. The topological polar surface area (TPSA) is 93.7 Å². The zero-order chi connectivity index (χ0) is 20.0. The fourth-order valence-electron chi connectivity index (χ4n) is 2.99. The van der Waals surface area contributed by atoms with E-state index >= 15 is 0 Å². The van der Waals surface area contributed by atoms with Crippen LogP contribution in [0, 0.1) is 0 Å². The summed E-state index contributed by atoms with van der Waals surface area (Å²) in [6.45, 7) is 6.80. The number of carbonyl (C=O) groups excluding carboxylic acids is 3. The molecule has 1 fully saturated rings. The normalized spacial score (nSPS) is 19.7. The van der Waals surface area contributed by atoms with Crippen LogP contribution in [0.4, 0.5) is 10.5 Å². The van der Waals surface area contributed by atoms with Crippen LogP contribution in [-0.4, -0.2) is 35.7 Å². The molecule has 0 radical (unpaired) electrons. The lowest BCUT2D eigenvalue weighted by Crippen LogP contribution is -2.48. The maximum absolute atomic E-state index is 12.5. The number of ether oxygens (including phenoxy) is 2. The first kappa shape index (κ1) is 20.7. The van der Waals surface area contributed by atoms with Crippen LogP contribution >= 0.6 is 0 Å². The molecule has 0 bridgehead atoms. The maximum Gasteiger partial charge on any atom is 0.408 e. The van der Waals surface area contributed by atoms with Crippen molar-refractivity contribution in [1.29, 1.82) is 0 Å². The molecule has 1 aromatic rings. The number of amides is 2. The van der Waals surface area contributed by atoms with E-state index in [0.29, 0.717) is 17.7 Å². The molecule has 1 aromatic carbocycles. The highest BCUT2D eigenvalue weighted by Gasteiger charge is 2.31. The van der Waals surface area contributed by atoms with Crippen molar-refractivity contribution in [3.63, 3.8) is 0 Å². The third-order valence-electron chi connectivity index (χ3n) is 4.08. The molecule has 1 aliphatic carbocycles. The van der Waals surface area contributed by atoms with Crippen molar-refractivity contribution in [2.45, 2.75) is 71.1 Å². The maximum atomic E-state index is 12.5. The van der Waals surface area contributed by atoms with Crippen molar-refractivity contribution in [3.8, 4) is 0 Å². The molecule has 0 saturated heterocycles. The van der Waals surface area contributed by atoms with Crippen LogP contribution in [0.3, 0.4) is 0 Å². The van der Waals surface area contributed by atoms with Gasteiger partial charge in [0.2, 0.25) is 5.91 Å². The number of rotatable bonds is 4. The summed E-state index contributed by atoms with van der Waals surface area (Å²) in [4.78, 5) is 35.8. The first-order chi connectivity index (χ1) is 12.6. The van der Waals surface area contributed by atoms with Crippen LogP contribution in [0.2, 0.25) is 0 Å². The molecular formula is C20H28N2O5. The Balaban J connectivity index is 2.01. The molecule has 2 amide bonds. The van der Waals surface area contributed by atoms with Gasteiger partial charge in [0.1, 0.15) is 11.7 Å². The van der Waals surface area contributed by atoms with E-state index in [0.717, 1.165) is 19.3 Å². The zero-order valence-electron chi connectivity index (χ0n) is 16.3. The van der Waals surface area contributed by atoms with E-state index in [1.54, 1.807) is 45.0 Å². The van der Waals surface area contributed by atoms with Gasteiger partial charge in [0.25, 0.3) is 0 Å². The average molecular weight is 376 g/mol. The van der Waals surface area contributed by atoms with Crippen LogP contribution in [-0.2, 0) is 14.3 Å². The summed E-state index contributed by atoms with van der Waals surface area (Å²) in [7, 11) is 0. The van der Waals surface area contributed by atoms with Crippen molar-refractivity contribution >= 4 is 23.7 Å². The summed E-state index contributed by atoms with van der Waals surface area (Å²) in [5.41, 5.74) is 0.293. The zero-order valence-corrected chi connectivity index (χ0v) is 16.3. The molecule has 0 aliphatic heterocycles. The van der Waals surface area contributed by atoms with Crippen LogP contribution in [0.15, 0.2) is 24.3 Å². The minimum Gasteiger partial charge on any atom is -0.457 e. The molecule has 27 heavy (non-hydrogen) atoms. The molecule has 0 unspecified atom stereocenters. The Morgan fingerprint density at radius 2 is 1.81 bits per heavy atom. The number of esters is 1. The summed E-state index contributed by atoms with van der Waals surface area (Å²) in [6, 6.07) is 6.30. The van der Waals surface area contributed by atoms with Crippen molar-refractivity contribution in [3.05, 3.63) is 29.8 Å². The Bertz CT molecular complexity index is 696. The largest absolute Gasteiger partial charge is 0.457 e. The first-order valence-corrected chi connectivity index (χ1v) is 9.22. The standard InChI is InChI=1S/C20H28N2O5/c1-13(23)21-15-9-7-8-14(12-15)18(24)26-17-11-6-5-10-16(17)22-19(25)27-20(2,3)4/h7-9,12,16-17H,5-6,10-11H2,1-4H3,(H,21,23)(H,22,25)/t16-,17-/m1/s1. The van der Waals surface area contributed by atoms with E-state index < -0.39 is 23.8 Å². The second-order valence-electron chi connectivity index (χ2n) is 7.74. The summed E-state index contributed by atoms with van der Waals surface area (Å²) in [5, 5.41) is 5.46. The molecule has 0 aromatic heterocycles. The summed E-state index contributed by atoms with van der Waals surface area (Å²) < 4.78 is 11.0. The fourth-order valence-corrected chi connectivity index (χ4v) is 2.99. The van der Waals surface area contributed by atoms with Gasteiger partial charge in [0.15, 0.2) is 0 Å². The Morgan fingerprint density at radius 3 is 2.48 bits per heavy atom. The summed E-state index contributed by atoms with van der Waals surface area (Å²) in [5.74, 6) is -0.695. The van der Waals surface area contributed by atoms with Gasteiger partial charge in [-0.1, -0.05) is 12.5 Å². The van der Waals surface area contributed by atoms with Gasteiger partial charge in [-0.3, -0.25) is 4.79 Å². The highest BCUT2D eigenvalue weighted by atomic mass is 16.6. The highest BCUT2D eigenvalue weighted by Crippen LogP contribution is 2.23. The lowest BCUT2D eigenvalue weighted by atomic mass is 9.92. The van der Waals surface area contributed by atoms with E-state index in [1.807, 2.05) is 0 Å². The molecule has 2 atom stereocenters. The van der Waals surface area contributed by atoms with Gasteiger partial charge >= 0.3 is 12.1 Å². The third kappa shape index (κ3) is 6.92. The first-order valence-electron chi connectivity index (χ1n) is 9.22. The van der Waals surface area contributed by atoms with Crippen molar-refractivity contribution in [2.75, 3.05) is 5.32 Å². The highest BCUT2D eigenvalue weighted by molar-refractivity contribution is 5.93. The molecule has 7 nitrogen and oxygen atoms in total. The predicted octanol–water partition coefficient (Wildman–Crippen LogP) is 3.64. The minimum atomic E-state index is -0.588. The number of alkyl carbamates (subject to hydrolysis) is 1. The Hall–Kier alpha value is -2.57. The van der Waals surface area contributed by atoms with E-state index in [4.69, 9.17) is 9.47 Å². The third-order valence-corrected chi connectivity index (χ3v) is 4.08. The average Bonchev–Trinajstić information content (AvgIpc) is 2.54. The molecule has 2 N–H and O–H groups in total. The smallest absolute Gasteiger partial charge is 0.408 e. The summed E-state index contributed by atoms with van der Waals surface area (Å²) in [6.07, 6.45) is 2.36. The quantitative estimate of drug-likeness (QED) is 0.783.